The largest absolute Gasteiger partial charge is 0.306 e. The van der Waals surface area contributed by atoms with Crippen LogP contribution < -0.4 is 0 Å². The van der Waals surface area contributed by atoms with Gasteiger partial charge in [-0.15, -0.1) is 0 Å². The van der Waals surface area contributed by atoms with E-state index in [0.717, 1.165) is 17.3 Å². The van der Waals surface area contributed by atoms with Gasteiger partial charge in [0.05, 0.1) is 0 Å². The van der Waals surface area contributed by atoms with Gasteiger partial charge in [-0.05, 0) is 17.5 Å². The average molecular weight is 260 g/mol. The average Bonchev–Trinajstić information content (AvgIpc) is 2.66. The summed E-state index contributed by atoms with van der Waals surface area (Å²) in [4.78, 5) is 4.30. The molecule has 0 saturated heterocycles. The number of rotatable bonds is 4. The van der Waals surface area contributed by atoms with E-state index in [1.165, 1.54) is 43.6 Å². The molecule has 0 aromatic carbocycles. The third-order valence-electron chi connectivity index (χ3n) is 2.95. The van der Waals surface area contributed by atoms with Crippen molar-refractivity contribution < 1.29 is 8.76 Å². The molecule has 4 nitrogen and oxygen atoms in total. The second-order valence-electron chi connectivity index (χ2n) is 4.28. The van der Waals surface area contributed by atoms with Crippen LogP contribution in [0.4, 0.5) is 0 Å². The molecule has 90 valence electrons. The Labute approximate surface area is 102 Å². The fourth-order valence-corrected chi connectivity index (χ4v) is 3.38. The first-order valence-corrected chi connectivity index (χ1v) is 7.68. The fourth-order valence-electron chi connectivity index (χ4n) is 2.18. The monoisotopic (exact) mass is 260 g/mol. The summed E-state index contributed by atoms with van der Waals surface area (Å²) in [7, 11) is 0. The molecule has 1 aromatic heterocycles. The fraction of sp³-hybridized carbons (Fsp3) is 0.800. The molecule has 0 radical (unpaired) electrons. The molecule has 0 amide bonds. The molecule has 1 atom stereocenters. The van der Waals surface area contributed by atoms with Gasteiger partial charge in [-0.3, -0.25) is 0 Å². The van der Waals surface area contributed by atoms with Crippen LogP contribution in [0, 0.1) is 5.92 Å². The molecule has 1 fully saturated rings. The topological polar surface area (TPSA) is 63.1 Å². The molecule has 2 rings (SSSR count). The van der Waals surface area contributed by atoms with Crippen LogP contribution in [-0.2, 0) is 23.3 Å². The Balaban J connectivity index is 1.88. The molecule has 0 aliphatic heterocycles. The minimum atomic E-state index is -1.83. The second-order valence-corrected chi connectivity index (χ2v) is 6.05. The van der Waals surface area contributed by atoms with Gasteiger partial charge in [-0.2, -0.15) is 4.37 Å². The summed E-state index contributed by atoms with van der Waals surface area (Å²) in [5.41, 5.74) is 0. The molecule has 6 heteroatoms. The first-order chi connectivity index (χ1) is 7.74. The van der Waals surface area contributed by atoms with Gasteiger partial charge in [0.25, 0.3) is 0 Å². The van der Waals surface area contributed by atoms with Crippen LogP contribution in [0.1, 0.15) is 42.9 Å². The molecule has 16 heavy (non-hydrogen) atoms. The van der Waals surface area contributed by atoms with Crippen molar-refractivity contribution in [2.75, 3.05) is 0 Å². The SMILES string of the molecule is O=S(O)Cc1nsc(CC2CCCCC2)n1. The maximum atomic E-state index is 10.6. The predicted octanol–water partition coefficient (Wildman–Crippen LogP) is 2.38. The Bertz CT molecular complexity index is 361. The van der Waals surface area contributed by atoms with Gasteiger partial charge in [-0.25, -0.2) is 9.19 Å². The van der Waals surface area contributed by atoms with Crippen LogP contribution in [0.5, 0.6) is 0 Å². The van der Waals surface area contributed by atoms with Crippen molar-refractivity contribution in [1.29, 1.82) is 0 Å². The van der Waals surface area contributed by atoms with Crippen LogP contribution in [-0.4, -0.2) is 18.1 Å². The normalized spacial score (nSPS) is 19.8. The Morgan fingerprint density at radius 3 is 2.81 bits per heavy atom. The van der Waals surface area contributed by atoms with Gasteiger partial charge in [0, 0.05) is 6.42 Å². The van der Waals surface area contributed by atoms with Crippen molar-refractivity contribution in [2.24, 2.45) is 5.92 Å². The smallest absolute Gasteiger partial charge is 0.160 e. The van der Waals surface area contributed by atoms with E-state index in [1.807, 2.05) is 0 Å². The van der Waals surface area contributed by atoms with Crippen LogP contribution in [0.25, 0.3) is 0 Å². The van der Waals surface area contributed by atoms with E-state index in [1.54, 1.807) is 0 Å². The maximum Gasteiger partial charge on any atom is 0.160 e. The van der Waals surface area contributed by atoms with Crippen molar-refractivity contribution in [3.05, 3.63) is 10.8 Å². The second kappa shape index (κ2) is 5.84. The van der Waals surface area contributed by atoms with E-state index in [2.05, 4.69) is 9.36 Å². The van der Waals surface area contributed by atoms with Crippen molar-refractivity contribution in [3.63, 3.8) is 0 Å². The third kappa shape index (κ3) is 3.61. The highest BCUT2D eigenvalue weighted by Gasteiger charge is 2.16. The first kappa shape index (κ1) is 12.1. The van der Waals surface area contributed by atoms with Crippen LogP contribution >= 0.6 is 11.5 Å². The Morgan fingerprint density at radius 1 is 1.38 bits per heavy atom. The van der Waals surface area contributed by atoms with Crippen molar-refractivity contribution in [3.8, 4) is 0 Å². The number of aromatic nitrogens is 2. The minimum absolute atomic E-state index is 0.0567. The van der Waals surface area contributed by atoms with Crippen molar-refractivity contribution in [1.82, 2.24) is 9.36 Å². The van der Waals surface area contributed by atoms with Gasteiger partial charge >= 0.3 is 0 Å². The number of hydrogen-bond acceptors (Lipinski definition) is 4. The first-order valence-electron chi connectivity index (χ1n) is 5.63. The summed E-state index contributed by atoms with van der Waals surface area (Å²) in [5, 5.41) is 1.02. The molecule has 1 heterocycles. The van der Waals surface area contributed by atoms with E-state index >= 15 is 0 Å². The lowest BCUT2D eigenvalue weighted by molar-refractivity contribution is 0.356. The molecule has 1 unspecified atom stereocenters. The van der Waals surface area contributed by atoms with E-state index in [9.17, 15) is 4.21 Å². The lowest BCUT2D eigenvalue weighted by Gasteiger charge is -2.19. The van der Waals surface area contributed by atoms with Gasteiger partial charge < -0.3 is 4.55 Å². The Morgan fingerprint density at radius 2 is 2.12 bits per heavy atom. The van der Waals surface area contributed by atoms with E-state index in [0.29, 0.717) is 5.82 Å². The summed E-state index contributed by atoms with van der Waals surface area (Å²) in [6.45, 7) is 0. The maximum absolute atomic E-state index is 10.6. The third-order valence-corrected chi connectivity index (χ3v) is 4.23. The van der Waals surface area contributed by atoms with Gasteiger partial charge in [0.1, 0.15) is 10.8 Å². The molecular weight excluding hydrogens is 244 g/mol. The van der Waals surface area contributed by atoms with Crippen molar-refractivity contribution >= 4 is 22.6 Å². The minimum Gasteiger partial charge on any atom is -0.306 e. The van der Waals surface area contributed by atoms with Gasteiger partial charge in [0.2, 0.25) is 0 Å². The molecule has 1 aromatic rings. The summed E-state index contributed by atoms with van der Waals surface area (Å²) < 4.78 is 23.4. The molecular formula is C10H16N2O2S2. The summed E-state index contributed by atoms with van der Waals surface area (Å²) in [6.07, 6.45) is 7.60. The zero-order valence-electron chi connectivity index (χ0n) is 9.09. The summed E-state index contributed by atoms with van der Waals surface area (Å²) >= 11 is -0.450. The lowest BCUT2D eigenvalue weighted by Crippen LogP contribution is -2.09. The van der Waals surface area contributed by atoms with Crippen LogP contribution in [0.2, 0.25) is 0 Å². The summed E-state index contributed by atoms with van der Waals surface area (Å²) in [5.74, 6) is 1.31. The lowest BCUT2D eigenvalue weighted by atomic mass is 9.87. The molecule has 1 N–H and O–H groups in total. The molecule has 0 spiro atoms. The van der Waals surface area contributed by atoms with Crippen molar-refractivity contribution in [2.45, 2.75) is 44.3 Å². The number of nitrogens with zero attached hydrogens (tertiary/aromatic N) is 2. The highest BCUT2D eigenvalue weighted by molar-refractivity contribution is 7.78. The molecule has 1 aliphatic carbocycles. The highest BCUT2D eigenvalue weighted by atomic mass is 32.2. The Hall–Kier alpha value is -0.330. The van der Waals surface area contributed by atoms with Crippen LogP contribution in [0.3, 0.4) is 0 Å². The van der Waals surface area contributed by atoms with Gasteiger partial charge in [-0.1, -0.05) is 32.1 Å². The molecule has 1 saturated carbocycles. The van der Waals surface area contributed by atoms with E-state index < -0.39 is 11.1 Å². The van der Waals surface area contributed by atoms with Gasteiger partial charge in [0.15, 0.2) is 16.9 Å². The standard InChI is InChI=1S/C10H16N2O2S2/c13-16(14)7-9-11-10(15-12-9)6-8-4-2-1-3-5-8/h8H,1-7H2,(H,13,14). The molecule has 0 bridgehead atoms. The molecule has 1 aliphatic rings. The Kier molecular flexibility index (Phi) is 4.43. The predicted molar refractivity (Wildman–Crippen MR) is 64.7 cm³/mol. The quantitative estimate of drug-likeness (QED) is 0.844. The number of hydrogen-bond donors (Lipinski definition) is 1. The van der Waals surface area contributed by atoms with E-state index in [-0.39, 0.29) is 5.75 Å². The zero-order chi connectivity index (χ0) is 11.4. The van der Waals surface area contributed by atoms with Crippen LogP contribution in [0.15, 0.2) is 0 Å². The zero-order valence-corrected chi connectivity index (χ0v) is 10.7. The highest BCUT2D eigenvalue weighted by Crippen LogP contribution is 2.27. The van der Waals surface area contributed by atoms with E-state index in [4.69, 9.17) is 4.55 Å². The summed E-state index contributed by atoms with van der Waals surface area (Å²) in [6, 6.07) is 0.